The fraction of sp³-hybridized carbons (Fsp3) is 0.250. The number of anilines is 1. The van der Waals surface area contributed by atoms with E-state index in [4.69, 9.17) is 0 Å². The zero-order valence-electron chi connectivity index (χ0n) is 15.9. The smallest absolute Gasteiger partial charge is 0.319 e. The number of fused-ring (bicyclic) bond motifs is 1. The second-order valence-corrected chi connectivity index (χ2v) is 6.79. The molecule has 7 nitrogen and oxygen atoms in total. The minimum atomic E-state index is -2.70. The van der Waals surface area contributed by atoms with Gasteiger partial charge in [0.25, 0.3) is 12.3 Å². The van der Waals surface area contributed by atoms with Crippen molar-refractivity contribution in [3.8, 4) is 0 Å². The number of nitrogens with one attached hydrogen (secondary N) is 4. The van der Waals surface area contributed by atoms with Gasteiger partial charge >= 0.3 is 6.03 Å². The summed E-state index contributed by atoms with van der Waals surface area (Å²) in [6, 6.07) is 11.4. The molecule has 0 aliphatic rings. The van der Waals surface area contributed by atoms with Crippen molar-refractivity contribution >= 4 is 28.7 Å². The number of imidazole rings is 1. The maximum absolute atomic E-state index is 12.7. The molecule has 3 amide bonds. The van der Waals surface area contributed by atoms with Crippen LogP contribution < -0.4 is 16.0 Å². The molecule has 152 valence electrons. The molecule has 0 radical (unpaired) electrons. The lowest BCUT2D eigenvalue weighted by molar-refractivity contribution is 0.0951. The van der Waals surface area contributed by atoms with Gasteiger partial charge in [-0.3, -0.25) is 4.79 Å². The predicted molar refractivity (Wildman–Crippen MR) is 106 cm³/mol. The second kappa shape index (κ2) is 8.68. The van der Waals surface area contributed by atoms with Crippen LogP contribution in [0.5, 0.6) is 0 Å². The van der Waals surface area contributed by atoms with Crippen molar-refractivity contribution in [2.45, 2.75) is 32.9 Å². The highest BCUT2D eigenvalue weighted by molar-refractivity contribution is 5.97. The molecule has 0 bridgehead atoms. The fourth-order valence-electron chi connectivity index (χ4n) is 2.69. The summed E-state index contributed by atoms with van der Waals surface area (Å²) in [7, 11) is 0. The zero-order valence-corrected chi connectivity index (χ0v) is 15.9. The molecule has 0 aliphatic heterocycles. The molecular weight excluding hydrogens is 380 g/mol. The van der Waals surface area contributed by atoms with E-state index in [1.807, 2.05) is 13.8 Å². The first-order chi connectivity index (χ1) is 13.8. The summed E-state index contributed by atoms with van der Waals surface area (Å²) in [4.78, 5) is 30.3. The number of benzene rings is 2. The van der Waals surface area contributed by atoms with Crippen LogP contribution in [0.4, 0.5) is 19.3 Å². The standard InChI is InChI=1S/C20H21F2N5O2/c1-11(2)24-20(29)25-14-6-3-12(4-7-14)10-23-19(28)13-5-8-15-16(9-13)27-18(26-15)17(21)22/h3-9,11,17H,10H2,1-2H3,(H,23,28)(H,26,27)(H2,24,25,29). The van der Waals surface area contributed by atoms with Gasteiger partial charge in [-0.1, -0.05) is 12.1 Å². The Kier molecular flexibility index (Phi) is 6.06. The lowest BCUT2D eigenvalue weighted by Crippen LogP contribution is -2.34. The van der Waals surface area contributed by atoms with Gasteiger partial charge in [0.2, 0.25) is 0 Å². The van der Waals surface area contributed by atoms with Crippen molar-refractivity contribution < 1.29 is 18.4 Å². The molecule has 1 heterocycles. The van der Waals surface area contributed by atoms with Gasteiger partial charge in [0.15, 0.2) is 5.82 Å². The van der Waals surface area contributed by atoms with E-state index in [1.54, 1.807) is 24.3 Å². The summed E-state index contributed by atoms with van der Waals surface area (Å²) in [5, 5.41) is 8.22. The van der Waals surface area contributed by atoms with Crippen LogP contribution in [0, 0.1) is 0 Å². The monoisotopic (exact) mass is 401 g/mol. The van der Waals surface area contributed by atoms with Crippen molar-refractivity contribution in [2.24, 2.45) is 0 Å². The highest BCUT2D eigenvalue weighted by Crippen LogP contribution is 2.20. The van der Waals surface area contributed by atoms with E-state index >= 15 is 0 Å². The Morgan fingerprint density at radius 3 is 2.48 bits per heavy atom. The topological polar surface area (TPSA) is 98.9 Å². The molecule has 3 rings (SSSR count). The number of urea groups is 1. The van der Waals surface area contributed by atoms with Crippen molar-refractivity contribution in [2.75, 3.05) is 5.32 Å². The molecule has 0 saturated carbocycles. The van der Waals surface area contributed by atoms with Gasteiger partial charge in [-0.25, -0.2) is 18.6 Å². The number of hydrogen-bond acceptors (Lipinski definition) is 3. The van der Waals surface area contributed by atoms with Crippen LogP contribution in [0.1, 0.15) is 42.0 Å². The summed E-state index contributed by atoms with van der Waals surface area (Å²) in [6.45, 7) is 4.01. The number of aromatic amines is 1. The molecule has 0 spiro atoms. The number of carbonyl (C=O) groups is 2. The van der Waals surface area contributed by atoms with Gasteiger partial charge in [0, 0.05) is 23.8 Å². The van der Waals surface area contributed by atoms with E-state index in [2.05, 4.69) is 25.9 Å². The maximum Gasteiger partial charge on any atom is 0.319 e. The molecule has 29 heavy (non-hydrogen) atoms. The third-order valence-electron chi connectivity index (χ3n) is 4.05. The quantitative estimate of drug-likeness (QED) is 0.503. The first-order valence-electron chi connectivity index (χ1n) is 9.04. The highest BCUT2D eigenvalue weighted by Gasteiger charge is 2.14. The number of halogens is 2. The minimum Gasteiger partial charge on any atom is -0.348 e. The molecule has 0 saturated heterocycles. The molecular formula is C20H21F2N5O2. The van der Waals surface area contributed by atoms with Crippen LogP contribution in [-0.4, -0.2) is 27.9 Å². The molecule has 0 atom stereocenters. The van der Waals surface area contributed by atoms with Gasteiger partial charge in [0.1, 0.15) is 0 Å². The minimum absolute atomic E-state index is 0.0347. The number of rotatable bonds is 6. The maximum atomic E-state index is 12.7. The number of H-pyrrole nitrogens is 1. The van der Waals surface area contributed by atoms with Crippen molar-refractivity contribution in [1.29, 1.82) is 0 Å². The molecule has 3 aromatic rings. The molecule has 0 unspecified atom stereocenters. The van der Waals surface area contributed by atoms with Crippen molar-refractivity contribution in [1.82, 2.24) is 20.6 Å². The van der Waals surface area contributed by atoms with Crippen molar-refractivity contribution in [3.05, 3.63) is 59.4 Å². The Morgan fingerprint density at radius 2 is 1.83 bits per heavy atom. The number of nitrogens with zero attached hydrogens (tertiary/aromatic N) is 1. The third-order valence-corrected chi connectivity index (χ3v) is 4.05. The molecule has 2 aromatic carbocycles. The number of amides is 3. The third kappa shape index (κ3) is 5.28. The number of carbonyl (C=O) groups excluding carboxylic acids is 2. The van der Waals surface area contributed by atoms with Crippen LogP contribution in [0.15, 0.2) is 42.5 Å². The SMILES string of the molecule is CC(C)NC(=O)Nc1ccc(CNC(=O)c2ccc3nc(C(F)F)[nH]c3c2)cc1. The first kappa shape index (κ1) is 20.2. The Labute approximate surface area is 165 Å². The van der Waals surface area contributed by atoms with Gasteiger partial charge < -0.3 is 20.9 Å². The van der Waals surface area contributed by atoms with Crippen LogP contribution in [0.2, 0.25) is 0 Å². The Balaban J connectivity index is 1.58. The van der Waals surface area contributed by atoms with Gasteiger partial charge in [-0.15, -0.1) is 0 Å². The van der Waals surface area contributed by atoms with E-state index in [0.29, 0.717) is 22.3 Å². The number of alkyl halides is 2. The lowest BCUT2D eigenvalue weighted by atomic mass is 10.1. The number of aromatic nitrogens is 2. The van der Waals surface area contributed by atoms with Crippen LogP contribution >= 0.6 is 0 Å². The predicted octanol–water partition coefficient (Wildman–Crippen LogP) is 3.96. The lowest BCUT2D eigenvalue weighted by Gasteiger charge is -2.11. The summed E-state index contributed by atoms with van der Waals surface area (Å²) < 4.78 is 25.5. The highest BCUT2D eigenvalue weighted by atomic mass is 19.3. The van der Waals surface area contributed by atoms with Crippen LogP contribution in [0.3, 0.4) is 0 Å². The van der Waals surface area contributed by atoms with E-state index < -0.39 is 12.2 Å². The number of hydrogen-bond donors (Lipinski definition) is 4. The Hall–Kier alpha value is -3.49. The van der Waals surface area contributed by atoms with E-state index in [0.717, 1.165) is 5.56 Å². The summed E-state index contributed by atoms with van der Waals surface area (Å²) in [5.41, 5.74) is 2.57. The summed E-state index contributed by atoms with van der Waals surface area (Å²) >= 11 is 0. The van der Waals surface area contributed by atoms with Crippen molar-refractivity contribution in [3.63, 3.8) is 0 Å². The summed E-state index contributed by atoms with van der Waals surface area (Å²) in [6.07, 6.45) is -2.70. The van der Waals surface area contributed by atoms with Gasteiger partial charge in [-0.2, -0.15) is 0 Å². The Bertz CT molecular complexity index is 1020. The molecule has 1 aromatic heterocycles. The Morgan fingerprint density at radius 1 is 1.10 bits per heavy atom. The first-order valence-corrected chi connectivity index (χ1v) is 9.04. The zero-order chi connectivity index (χ0) is 21.0. The average molecular weight is 401 g/mol. The van der Waals surface area contributed by atoms with Gasteiger partial charge in [0.05, 0.1) is 11.0 Å². The van der Waals surface area contributed by atoms with E-state index in [-0.39, 0.29) is 24.5 Å². The largest absolute Gasteiger partial charge is 0.348 e. The summed E-state index contributed by atoms with van der Waals surface area (Å²) in [5.74, 6) is -0.757. The van der Waals surface area contributed by atoms with Crippen LogP contribution in [-0.2, 0) is 6.54 Å². The molecule has 9 heteroatoms. The van der Waals surface area contributed by atoms with Crippen LogP contribution in [0.25, 0.3) is 11.0 Å². The average Bonchev–Trinajstić information content (AvgIpc) is 3.10. The molecule has 4 N–H and O–H groups in total. The molecule has 0 aliphatic carbocycles. The second-order valence-electron chi connectivity index (χ2n) is 6.79. The fourth-order valence-corrected chi connectivity index (χ4v) is 2.69. The van der Waals surface area contributed by atoms with E-state index in [9.17, 15) is 18.4 Å². The van der Waals surface area contributed by atoms with E-state index in [1.165, 1.54) is 18.2 Å². The van der Waals surface area contributed by atoms with Gasteiger partial charge in [-0.05, 0) is 49.7 Å². The molecule has 0 fully saturated rings. The normalized spacial score (nSPS) is 11.1.